The minimum Gasteiger partial charge on any atom is -0.369 e. The molecule has 0 unspecified atom stereocenters. The van der Waals surface area contributed by atoms with Crippen LogP contribution in [0, 0.1) is 0 Å². The Hall–Kier alpha value is -3.35. The van der Waals surface area contributed by atoms with Crippen LogP contribution in [-0.4, -0.2) is 27.0 Å². The summed E-state index contributed by atoms with van der Waals surface area (Å²) in [5.74, 6) is 0.697. The Labute approximate surface area is 156 Å². The van der Waals surface area contributed by atoms with Crippen LogP contribution in [0.5, 0.6) is 0 Å². The number of anilines is 1. The quantitative estimate of drug-likeness (QED) is 0.516. The Kier molecular flexibility index (Phi) is 4.50. The second kappa shape index (κ2) is 7.11. The van der Waals surface area contributed by atoms with Crippen molar-refractivity contribution in [1.82, 2.24) is 15.2 Å². The summed E-state index contributed by atoms with van der Waals surface area (Å²) in [6.45, 7) is 0. The molecule has 7 nitrogen and oxygen atoms in total. The van der Waals surface area contributed by atoms with E-state index in [0.29, 0.717) is 11.7 Å². The van der Waals surface area contributed by atoms with Crippen LogP contribution in [0.2, 0.25) is 0 Å². The Morgan fingerprint density at radius 1 is 1.11 bits per heavy atom. The molecule has 27 heavy (non-hydrogen) atoms. The van der Waals surface area contributed by atoms with E-state index in [1.54, 1.807) is 6.20 Å². The van der Waals surface area contributed by atoms with Gasteiger partial charge < -0.3 is 16.0 Å². The van der Waals surface area contributed by atoms with Crippen LogP contribution in [-0.2, 0) is 22.4 Å². The Morgan fingerprint density at radius 2 is 1.89 bits per heavy atom. The summed E-state index contributed by atoms with van der Waals surface area (Å²) in [5, 5.41) is 9.95. The number of benzene rings is 1. The minimum absolute atomic E-state index is 0.0970. The van der Waals surface area contributed by atoms with Crippen molar-refractivity contribution in [3.8, 4) is 11.3 Å². The summed E-state index contributed by atoms with van der Waals surface area (Å²) in [7, 11) is 0. The number of amides is 2. The van der Waals surface area contributed by atoms with E-state index >= 15 is 0 Å². The van der Waals surface area contributed by atoms with E-state index < -0.39 is 0 Å². The fourth-order valence-electron chi connectivity index (χ4n) is 3.09. The molecule has 138 valence electrons. The fourth-order valence-corrected chi connectivity index (χ4v) is 3.09. The highest BCUT2D eigenvalue weighted by atomic mass is 16.2. The van der Waals surface area contributed by atoms with E-state index in [2.05, 4.69) is 20.5 Å². The van der Waals surface area contributed by atoms with Gasteiger partial charge in [-0.2, -0.15) is 5.10 Å². The predicted molar refractivity (Wildman–Crippen MR) is 102 cm³/mol. The van der Waals surface area contributed by atoms with Gasteiger partial charge in [-0.3, -0.25) is 14.7 Å². The number of nitrogens with one attached hydrogen (secondary N) is 3. The van der Waals surface area contributed by atoms with Gasteiger partial charge in [-0.15, -0.1) is 0 Å². The van der Waals surface area contributed by atoms with E-state index in [0.717, 1.165) is 28.1 Å². The van der Waals surface area contributed by atoms with Gasteiger partial charge >= 0.3 is 0 Å². The zero-order chi connectivity index (χ0) is 18.8. The molecule has 0 radical (unpaired) electrons. The molecule has 1 fully saturated rings. The number of hydrogen-bond donors (Lipinski definition) is 4. The van der Waals surface area contributed by atoms with E-state index in [1.165, 1.54) is 12.8 Å². The Bertz CT molecular complexity index is 966. The summed E-state index contributed by atoms with van der Waals surface area (Å²) in [6.07, 6.45) is 4.65. The third kappa shape index (κ3) is 4.25. The standard InChI is InChI=1S/C20H21N5O2/c21-18(26)8-13-7-16(22-11-13)14-3-1-12(2-4-14)9-20(27)23-19-10-17(24-25-19)15-5-6-15/h1-4,7,10-11,15,22H,5-6,8-9H2,(H2,21,26)(H2,23,24,25,27). The van der Waals surface area contributed by atoms with Gasteiger partial charge in [0.05, 0.1) is 12.8 Å². The van der Waals surface area contributed by atoms with Crippen molar-refractivity contribution in [2.45, 2.75) is 31.6 Å². The van der Waals surface area contributed by atoms with Gasteiger partial charge in [0.15, 0.2) is 5.82 Å². The van der Waals surface area contributed by atoms with Crippen molar-refractivity contribution >= 4 is 17.6 Å². The zero-order valence-electron chi connectivity index (χ0n) is 14.8. The predicted octanol–water partition coefficient (Wildman–Crippen LogP) is 2.49. The maximum Gasteiger partial charge on any atom is 0.229 e. The summed E-state index contributed by atoms with van der Waals surface area (Å²) in [6, 6.07) is 11.5. The smallest absolute Gasteiger partial charge is 0.229 e. The van der Waals surface area contributed by atoms with Gasteiger partial charge in [-0.1, -0.05) is 24.3 Å². The van der Waals surface area contributed by atoms with Crippen LogP contribution in [0.4, 0.5) is 5.82 Å². The zero-order valence-corrected chi connectivity index (χ0v) is 14.8. The Balaban J connectivity index is 1.36. The van der Waals surface area contributed by atoms with Gasteiger partial charge in [0, 0.05) is 29.6 Å². The second-order valence-electron chi connectivity index (χ2n) is 6.97. The fraction of sp³-hybridized carbons (Fsp3) is 0.250. The number of aromatic amines is 2. The summed E-state index contributed by atoms with van der Waals surface area (Å²) < 4.78 is 0. The first-order valence-corrected chi connectivity index (χ1v) is 8.97. The molecule has 1 aliphatic rings. The number of primary amides is 1. The highest BCUT2D eigenvalue weighted by Gasteiger charge is 2.25. The van der Waals surface area contributed by atoms with Crippen LogP contribution in [0.3, 0.4) is 0 Å². The molecule has 1 saturated carbocycles. The van der Waals surface area contributed by atoms with Crippen molar-refractivity contribution in [1.29, 1.82) is 0 Å². The Morgan fingerprint density at radius 3 is 2.59 bits per heavy atom. The highest BCUT2D eigenvalue weighted by molar-refractivity contribution is 5.91. The molecule has 1 aliphatic carbocycles. The summed E-state index contributed by atoms with van der Waals surface area (Å²) >= 11 is 0. The third-order valence-corrected chi connectivity index (χ3v) is 4.63. The maximum absolute atomic E-state index is 12.2. The topological polar surface area (TPSA) is 117 Å². The number of hydrogen-bond acceptors (Lipinski definition) is 3. The lowest BCUT2D eigenvalue weighted by molar-refractivity contribution is -0.117. The number of nitrogens with two attached hydrogens (primary N) is 1. The molecule has 1 aromatic carbocycles. The SMILES string of the molecule is NC(=O)Cc1c[nH]c(-c2ccc(CC(=O)Nc3cc(C4CC4)[nH]n3)cc2)c1. The molecule has 2 amide bonds. The van der Waals surface area contributed by atoms with Gasteiger partial charge in [-0.25, -0.2) is 0 Å². The molecular weight excluding hydrogens is 342 g/mol. The molecule has 4 rings (SSSR count). The molecule has 0 bridgehead atoms. The first kappa shape index (κ1) is 17.1. The number of rotatable bonds is 7. The highest BCUT2D eigenvalue weighted by Crippen LogP contribution is 2.39. The van der Waals surface area contributed by atoms with E-state index in [4.69, 9.17) is 5.73 Å². The molecular formula is C20H21N5O2. The molecule has 0 atom stereocenters. The largest absolute Gasteiger partial charge is 0.369 e. The monoisotopic (exact) mass is 363 g/mol. The molecule has 0 aliphatic heterocycles. The number of H-pyrrole nitrogens is 2. The van der Waals surface area contributed by atoms with Gasteiger partial charge in [0.25, 0.3) is 0 Å². The first-order chi connectivity index (χ1) is 13.1. The number of aromatic nitrogens is 3. The van der Waals surface area contributed by atoms with Crippen LogP contribution in [0.15, 0.2) is 42.6 Å². The van der Waals surface area contributed by atoms with Crippen molar-refractivity contribution in [2.24, 2.45) is 5.73 Å². The van der Waals surface area contributed by atoms with Crippen molar-refractivity contribution in [3.63, 3.8) is 0 Å². The van der Waals surface area contributed by atoms with Gasteiger partial charge in [0.2, 0.25) is 11.8 Å². The maximum atomic E-state index is 12.2. The minimum atomic E-state index is -0.358. The van der Waals surface area contributed by atoms with Gasteiger partial charge in [0.1, 0.15) is 0 Å². The molecule has 0 saturated heterocycles. The summed E-state index contributed by atoms with van der Waals surface area (Å²) in [4.78, 5) is 26.4. The van der Waals surface area contributed by atoms with E-state index in [-0.39, 0.29) is 24.7 Å². The van der Waals surface area contributed by atoms with Crippen LogP contribution in [0.1, 0.15) is 35.6 Å². The molecule has 5 N–H and O–H groups in total. The second-order valence-corrected chi connectivity index (χ2v) is 6.97. The van der Waals surface area contributed by atoms with Crippen molar-refractivity contribution < 1.29 is 9.59 Å². The average Bonchev–Trinajstić information content (AvgIpc) is 3.21. The van der Waals surface area contributed by atoms with E-state index in [1.807, 2.05) is 36.4 Å². The lowest BCUT2D eigenvalue weighted by Crippen LogP contribution is -2.14. The van der Waals surface area contributed by atoms with Crippen LogP contribution in [0.25, 0.3) is 11.3 Å². The number of nitrogens with zero attached hydrogens (tertiary/aromatic N) is 1. The average molecular weight is 363 g/mol. The van der Waals surface area contributed by atoms with Crippen LogP contribution >= 0.6 is 0 Å². The van der Waals surface area contributed by atoms with Crippen LogP contribution < -0.4 is 11.1 Å². The third-order valence-electron chi connectivity index (χ3n) is 4.63. The molecule has 2 heterocycles. The van der Waals surface area contributed by atoms with E-state index in [9.17, 15) is 9.59 Å². The molecule has 3 aromatic rings. The lowest BCUT2D eigenvalue weighted by atomic mass is 10.1. The van der Waals surface area contributed by atoms with Crippen molar-refractivity contribution in [3.05, 3.63) is 59.4 Å². The van der Waals surface area contributed by atoms with Gasteiger partial charge in [-0.05, 0) is 35.6 Å². The lowest BCUT2D eigenvalue weighted by Gasteiger charge is -2.04. The number of carbonyl (C=O) groups excluding carboxylic acids is 2. The molecule has 2 aromatic heterocycles. The number of carbonyl (C=O) groups is 2. The first-order valence-electron chi connectivity index (χ1n) is 8.97. The molecule has 0 spiro atoms. The normalized spacial score (nSPS) is 13.5. The molecule has 7 heteroatoms. The van der Waals surface area contributed by atoms with Crippen molar-refractivity contribution in [2.75, 3.05) is 5.32 Å². The summed E-state index contributed by atoms with van der Waals surface area (Å²) in [5.41, 5.74) is 9.97.